The van der Waals surface area contributed by atoms with Gasteiger partial charge in [-0.15, -0.1) is 0 Å². The molecule has 3 aromatic rings. The molecule has 0 saturated carbocycles. The van der Waals surface area contributed by atoms with Crippen molar-refractivity contribution >= 4 is 57.9 Å². The molecule has 0 unspecified atom stereocenters. The van der Waals surface area contributed by atoms with Gasteiger partial charge in [0, 0.05) is 17.8 Å². The van der Waals surface area contributed by atoms with E-state index >= 15 is 0 Å². The molecule has 0 aromatic heterocycles. The summed E-state index contributed by atoms with van der Waals surface area (Å²) in [6.45, 7) is 9.69. The van der Waals surface area contributed by atoms with Gasteiger partial charge in [0.25, 0.3) is 11.8 Å². The van der Waals surface area contributed by atoms with Crippen LogP contribution in [0, 0.1) is 0 Å². The van der Waals surface area contributed by atoms with Gasteiger partial charge < -0.3 is 4.90 Å². The van der Waals surface area contributed by atoms with Crippen LogP contribution in [-0.2, 0) is 9.59 Å². The molecule has 6 heteroatoms. The molecule has 0 bridgehead atoms. The zero-order valence-electron chi connectivity index (χ0n) is 22.1. The standard InChI is InChI=1S/C32H31N3O2S/c1-5-18-33-28-17-16-23(19-26(28)22(2)21-32(33,3)4)20-27-29(36)34(24-12-8-6-9-13-24)31(38)35(30(27)37)25-14-10-7-11-15-25/h6-17,19-21H,5,18H2,1-4H3. The second kappa shape index (κ2) is 10.0. The topological polar surface area (TPSA) is 43.9 Å². The molecule has 2 aliphatic heterocycles. The van der Waals surface area contributed by atoms with Gasteiger partial charge in [-0.25, -0.2) is 0 Å². The highest BCUT2D eigenvalue weighted by molar-refractivity contribution is 7.81. The van der Waals surface area contributed by atoms with E-state index in [1.54, 1.807) is 6.08 Å². The number of carbonyl (C=O) groups excluding carboxylic acids is 2. The minimum atomic E-state index is -0.433. The van der Waals surface area contributed by atoms with Crippen molar-refractivity contribution in [3.05, 3.63) is 102 Å². The number of fused-ring (bicyclic) bond motifs is 1. The monoisotopic (exact) mass is 521 g/mol. The Hall–Kier alpha value is -4.03. The number of anilines is 3. The normalized spacial score (nSPS) is 16.9. The third-order valence-electron chi connectivity index (χ3n) is 7.04. The van der Waals surface area contributed by atoms with E-state index in [9.17, 15) is 9.59 Å². The Morgan fingerprint density at radius 3 is 1.92 bits per heavy atom. The zero-order chi connectivity index (χ0) is 27.0. The average Bonchev–Trinajstić information content (AvgIpc) is 2.90. The van der Waals surface area contributed by atoms with E-state index in [-0.39, 0.29) is 16.2 Å². The van der Waals surface area contributed by atoms with Gasteiger partial charge in [-0.05, 0) is 93.0 Å². The molecule has 0 aliphatic carbocycles. The van der Waals surface area contributed by atoms with Crippen LogP contribution < -0.4 is 14.7 Å². The van der Waals surface area contributed by atoms with E-state index < -0.39 is 11.8 Å². The van der Waals surface area contributed by atoms with Crippen LogP contribution in [0.25, 0.3) is 11.6 Å². The maximum Gasteiger partial charge on any atom is 0.270 e. The minimum absolute atomic E-state index is 0.0643. The lowest BCUT2D eigenvalue weighted by Crippen LogP contribution is -2.56. The van der Waals surface area contributed by atoms with Gasteiger partial charge in [0.15, 0.2) is 5.11 Å². The van der Waals surface area contributed by atoms with Gasteiger partial charge in [0.2, 0.25) is 0 Å². The fraction of sp³-hybridized carbons (Fsp3) is 0.219. The van der Waals surface area contributed by atoms with Gasteiger partial charge in [0.05, 0.1) is 16.9 Å². The number of amides is 2. The van der Waals surface area contributed by atoms with E-state index in [0.29, 0.717) is 11.4 Å². The highest BCUT2D eigenvalue weighted by Gasteiger charge is 2.41. The molecular weight excluding hydrogens is 490 g/mol. The number of hydrogen-bond donors (Lipinski definition) is 0. The van der Waals surface area contributed by atoms with Crippen molar-refractivity contribution in [3.8, 4) is 0 Å². The summed E-state index contributed by atoms with van der Waals surface area (Å²) in [5.74, 6) is -0.866. The van der Waals surface area contributed by atoms with E-state index in [0.717, 1.165) is 24.1 Å². The van der Waals surface area contributed by atoms with Crippen LogP contribution in [0.5, 0.6) is 0 Å². The summed E-state index contributed by atoms with van der Waals surface area (Å²) in [6.07, 6.45) is 5.01. The number of hydrogen-bond acceptors (Lipinski definition) is 4. The Morgan fingerprint density at radius 1 is 0.842 bits per heavy atom. The number of para-hydroxylation sites is 2. The second-order valence-electron chi connectivity index (χ2n) is 10.2. The number of carbonyl (C=O) groups is 2. The highest BCUT2D eigenvalue weighted by atomic mass is 32.1. The van der Waals surface area contributed by atoms with Crippen molar-refractivity contribution in [2.75, 3.05) is 21.2 Å². The fourth-order valence-corrected chi connectivity index (χ4v) is 5.71. The van der Waals surface area contributed by atoms with Crippen LogP contribution in [0.15, 0.2) is 90.5 Å². The summed E-state index contributed by atoms with van der Waals surface area (Å²) < 4.78 is 0. The van der Waals surface area contributed by atoms with Crippen LogP contribution in [-0.4, -0.2) is 29.0 Å². The smallest absolute Gasteiger partial charge is 0.270 e. The van der Waals surface area contributed by atoms with E-state index in [1.807, 2.05) is 66.7 Å². The number of allylic oxidation sites excluding steroid dienone is 1. The van der Waals surface area contributed by atoms with Crippen molar-refractivity contribution in [2.45, 2.75) is 39.7 Å². The predicted octanol–water partition coefficient (Wildman–Crippen LogP) is 6.85. The summed E-state index contributed by atoms with van der Waals surface area (Å²) in [6, 6.07) is 24.6. The first-order valence-electron chi connectivity index (χ1n) is 12.9. The van der Waals surface area contributed by atoms with Crippen molar-refractivity contribution in [3.63, 3.8) is 0 Å². The lowest BCUT2D eigenvalue weighted by atomic mass is 9.87. The Bertz CT molecular complexity index is 1410. The van der Waals surface area contributed by atoms with Gasteiger partial charge in [-0.3, -0.25) is 19.4 Å². The predicted molar refractivity (Wildman–Crippen MR) is 160 cm³/mol. The fourth-order valence-electron chi connectivity index (χ4n) is 5.33. The van der Waals surface area contributed by atoms with Crippen LogP contribution in [0.2, 0.25) is 0 Å². The lowest BCUT2D eigenvalue weighted by molar-refractivity contribution is -0.120. The van der Waals surface area contributed by atoms with E-state index in [1.165, 1.54) is 21.1 Å². The van der Waals surface area contributed by atoms with Crippen molar-refractivity contribution in [1.82, 2.24) is 0 Å². The number of rotatable bonds is 5. The first-order chi connectivity index (χ1) is 18.2. The Kier molecular flexibility index (Phi) is 6.76. The van der Waals surface area contributed by atoms with Gasteiger partial charge in [0.1, 0.15) is 5.57 Å². The van der Waals surface area contributed by atoms with Crippen molar-refractivity contribution in [1.29, 1.82) is 0 Å². The summed E-state index contributed by atoms with van der Waals surface area (Å²) in [5.41, 5.74) is 5.44. The highest BCUT2D eigenvalue weighted by Crippen LogP contribution is 2.40. The molecule has 192 valence electrons. The molecule has 5 nitrogen and oxygen atoms in total. The summed E-state index contributed by atoms with van der Waals surface area (Å²) >= 11 is 5.71. The first kappa shape index (κ1) is 25.6. The van der Waals surface area contributed by atoms with Crippen LogP contribution in [0.4, 0.5) is 17.1 Å². The third kappa shape index (κ3) is 4.45. The summed E-state index contributed by atoms with van der Waals surface area (Å²) in [5, 5.41) is 0.135. The zero-order valence-corrected chi connectivity index (χ0v) is 23.0. The maximum absolute atomic E-state index is 13.8. The second-order valence-corrected chi connectivity index (χ2v) is 10.6. The Labute approximate surface area is 229 Å². The summed E-state index contributed by atoms with van der Waals surface area (Å²) in [4.78, 5) is 32.9. The molecule has 1 saturated heterocycles. The molecule has 1 fully saturated rings. The maximum atomic E-state index is 13.8. The SMILES string of the molecule is CCCN1c2ccc(C=C3C(=O)N(c4ccccc4)C(=S)N(c4ccccc4)C3=O)cc2C(C)=CC1(C)C. The molecule has 0 atom stereocenters. The number of benzene rings is 3. The number of thiocarbonyl (C=S) groups is 1. The lowest BCUT2D eigenvalue weighted by Gasteiger charge is -2.43. The number of nitrogens with zero attached hydrogens (tertiary/aromatic N) is 3. The largest absolute Gasteiger partial charge is 0.362 e. The van der Waals surface area contributed by atoms with Crippen LogP contribution in [0.3, 0.4) is 0 Å². The molecule has 38 heavy (non-hydrogen) atoms. The average molecular weight is 522 g/mol. The van der Waals surface area contributed by atoms with Crippen LogP contribution in [0.1, 0.15) is 45.2 Å². The van der Waals surface area contributed by atoms with E-state index in [4.69, 9.17) is 12.2 Å². The quantitative estimate of drug-likeness (QED) is 0.209. The molecule has 0 N–H and O–H groups in total. The van der Waals surface area contributed by atoms with E-state index in [2.05, 4.69) is 50.8 Å². The molecule has 5 rings (SSSR count). The molecule has 2 heterocycles. The first-order valence-corrected chi connectivity index (χ1v) is 13.3. The van der Waals surface area contributed by atoms with Gasteiger partial charge in [-0.1, -0.05) is 55.5 Å². The molecule has 2 aliphatic rings. The van der Waals surface area contributed by atoms with Crippen molar-refractivity contribution in [2.24, 2.45) is 0 Å². The van der Waals surface area contributed by atoms with Crippen LogP contribution >= 0.6 is 12.2 Å². The summed E-state index contributed by atoms with van der Waals surface area (Å²) in [7, 11) is 0. The molecular formula is C32H31N3O2S. The van der Waals surface area contributed by atoms with Gasteiger partial charge in [-0.2, -0.15) is 0 Å². The molecule has 0 radical (unpaired) electrons. The van der Waals surface area contributed by atoms with Gasteiger partial charge >= 0.3 is 0 Å². The molecule has 3 aromatic carbocycles. The van der Waals surface area contributed by atoms with Crippen molar-refractivity contribution < 1.29 is 9.59 Å². The molecule has 0 spiro atoms. The third-order valence-corrected chi connectivity index (χ3v) is 7.40. The Balaban J connectivity index is 1.62. The molecule has 2 amide bonds. The minimum Gasteiger partial charge on any atom is -0.362 e. The Morgan fingerprint density at radius 2 is 1.39 bits per heavy atom.